The molecular weight excluding hydrogens is 312 g/mol. The Morgan fingerprint density at radius 3 is 2.21 bits per heavy atom. The molecule has 8 heteroatoms. The van der Waals surface area contributed by atoms with Crippen molar-refractivity contribution in [2.75, 3.05) is 13.1 Å². The number of unbranched alkanes of at least 4 members (excludes halogenated alkanes) is 3. The number of aliphatic hydroxyl groups is 1. The van der Waals surface area contributed by atoms with Crippen LogP contribution in [0.4, 0.5) is 0 Å². The van der Waals surface area contributed by atoms with E-state index >= 15 is 0 Å². The van der Waals surface area contributed by atoms with Crippen molar-refractivity contribution < 1.29 is 19.5 Å². The van der Waals surface area contributed by atoms with Gasteiger partial charge in [-0.2, -0.15) is 0 Å². The summed E-state index contributed by atoms with van der Waals surface area (Å²) in [6.07, 6.45) is 5.13. The largest absolute Gasteiger partial charge is 0.391 e. The first-order valence-corrected chi connectivity index (χ1v) is 8.51. The zero-order valence-corrected chi connectivity index (χ0v) is 14.4. The second-order valence-electron chi connectivity index (χ2n) is 5.85. The Hall–Kier alpha value is -1.51. The normalized spacial score (nSPS) is 14.5. The summed E-state index contributed by atoms with van der Waals surface area (Å²) < 4.78 is 0. The van der Waals surface area contributed by atoms with E-state index < -0.39 is 24.1 Å². The maximum atomic E-state index is 12.2. The summed E-state index contributed by atoms with van der Waals surface area (Å²) in [6, 6.07) is -1.87. The average molecular weight is 343 g/mol. The van der Waals surface area contributed by atoms with Crippen LogP contribution in [0.2, 0.25) is 0 Å². The molecule has 0 rings (SSSR count). The molecule has 0 heterocycles. The maximum Gasteiger partial charge on any atom is 0.245 e. The number of hydrogen-bond donors (Lipinski definition) is 5. The van der Waals surface area contributed by atoms with Crippen molar-refractivity contribution in [3.05, 3.63) is 0 Å². The third kappa shape index (κ3) is 10.3. The Morgan fingerprint density at radius 1 is 1.04 bits per heavy atom. The van der Waals surface area contributed by atoms with Crippen LogP contribution in [0.1, 0.15) is 51.9 Å². The van der Waals surface area contributed by atoms with E-state index in [-0.39, 0.29) is 12.3 Å². The summed E-state index contributed by atoms with van der Waals surface area (Å²) in [5.74, 6) is -0.913. The van der Waals surface area contributed by atoms with E-state index in [0.717, 1.165) is 19.3 Å². The number of rotatable bonds is 14. The molecule has 7 N–H and O–H groups in total. The standard InChI is InChI=1S/C16H31N4O4/c1-12(22)15(20-14(23)8-3-2-5-9-17)16(24)19-13(11-21)7-4-6-10-18/h12-13,15,22H,2-10,17-18H2,1H3,(H,19,24)(H,20,23)/t12?,13-,15-/m0/s1. The van der Waals surface area contributed by atoms with Crippen molar-refractivity contribution in [3.63, 3.8) is 0 Å². The molecule has 0 aliphatic carbocycles. The summed E-state index contributed by atoms with van der Waals surface area (Å²) in [6.45, 7) is 2.50. The van der Waals surface area contributed by atoms with E-state index in [1.165, 1.54) is 6.92 Å². The summed E-state index contributed by atoms with van der Waals surface area (Å²) in [5, 5.41) is 14.7. The number of nitrogens with two attached hydrogens (primary N) is 2. The molecule has 0 aromatic rings. The lowest BCUT2D eigenvalue weighted by atomic mass is 10.1. The molecule has 0 aliphatic rings. The first kappa shape index (κ1) is 22.5. The molecular formula is C16H31N4O4. The van der Waals surface area contributed by atoms with Crippen LogP contribution in [0.15, 0.2) is 0 Å². The number of nitrogens with one attached hydrogen (secondary N) is 2. The van der Waals surface area contributed by atoms with E-state index in [0.29, 0.717) is 32.4 Å². The molecule has 0 spiro atoms. The lowest BCUT2D eigenvalue weighted by Crippen LogP contribution is -2.54. The third-order valence-corrected chi connectivity index (χ3v) is 3.59. The van der Waals surface area contributed by atoms with E-state index in [1.807, 2.05) is 0 Å². The van der Waals surface area contributed by atoms with Crippen molar-refractivity contribution >= 4 is 18.1 Å². The zero-order chi connectivity index (χ0) is 18.4. The van der Waals surface area contributed by atoms with Crippen molar-refractivity contribution in [2.24, 2.45) is 11.5 Å². The minimum Gasteiger partial charge on any atom is -0.391 e. The lowest BCUT2D eigenvalue weighted by molar-refractivity contribution is -0.131. The predicted molar refractivity (Wildman–Crippen MR) is 91.7 cm³/mol. The van der Waals surface area contributed by atoms with Gasteiger partial charge in [0, 0.05) is 6.42 Å². The molecule has 0 bridgehead atoms. The minimum atomic E-state index is -1.10. The molecule has 0 saturated carbocycles. The summed E-state index contributed by atoms with van der Waals surface area (Å²) in [4.78, 5) is 35.0. The zero-order valence-electron chi connectivity index (χ0n) is 14.4. The van der Waals surface area contributed by atoms with Gasteiger partial charge in [0.25, 0.3) is 0 Å². The van der Waals surface area contributed by atoms with Crippen LogP contribution in [0.3, 0.4) is 0 Å². The highest BCUT2D eigenvalue weighted by atomic mass is 16.3. The highest BCUT2D eigenvalue weighted by Crippen LogP contribution is 2.03. The number of aliphatic hydroxyl groups excluding tert-OH is 1. The van der Waals surface area contributed by atoms with Crippen molar-refractivity contribution in [3.8, 4) is 0 Å². The quantitative estimate of drug-likeness (QED) is 0.258. The molecule has 1 unspecified atom stereocenters. The fourth-order valence-electron chi connectivity index (χ4n) is 2.17. The Labute approximate surface area is 143 Å². The third-order valence-electron chi connectivity index (χ3n) is 3.59. The second kappa shape index (κ2) is 13.9. The van der Waals surface area contributed by atoms with Crippen LogP contribution in [0.5, 0.6) is 0 Å². The van der Waals surface area contributed by atoms with Gasteiger partial charge in [-0.25, -0.2) is 0 Å². The monoisotopic (exact) mass is 343 g/mol. The molecule has 1 radical (unpaired) electrons. The fraction of sp³-hybridized carbons (Fsp3) is 0.812. The van der Waals surface area contributed by atoms with E-state index in [2.05, 4.69) is 10.6 Å². The summed E-state index contributed by atoms with van der Waals surface area (Å²) in [5.41, 5.74) is 10.8. The SMILES string of the molecule is CC(O)[C@H](NC(=O)CCCCCN)C(=O)N[C@H]([C]=O)CCCCN. The van der Waals surface area contributed by atoms with E-state index in [9.17, 15) is 19.5 Å². The molecule has 24 heavy (non-hydrogen) atoms. The van der Waals surface area contributed by atoms with Crippen LogP contribution in [-0.4, -0.2) is 54.5 Å². The molecule has 0 aromatic heterocycles. The number of carbonyl (C=O) groups excluding carboxylic acids is 3. The summed E-state index contributed by atoms with van der Waals surface area (Å²) >= 11 is 0. The van der Waals surface area contributed by atoms with Gasteiger partial charge < -0.3 is 27.2 Å². The number of hydrogen-bond acceptors (Lipinski definition) is 6. The predicted octanol–water partition coefficient (Wildman–Crippen LogP) is -0.905. The fourth-order valence-corrected chi connectivity index (χ4v) is 2.17. The van der Waals surface area contributed by atoms with Gasteiger partial charge in [0.05, 0.1) is 12.1 Å². The van der Waals surface area contributed by atoms with Crippen LogP contribution < -0.4 is 22.1 Å². The van der Waals surface area contributed by atoms with Crippen LogP contribution in [0.25, 0.3) is 0 Å². The van der Waals surface area contributed by atoms with E-state index in [4.69, 9.17) is 11.5 Å². The summed E-state index contributed by atoms with van der Waals surface area (Å²) in [7, 11) is 0. The molecule has 0 fully saturated rings. The molecule has 0 aromatic carbocycles. The Kier molecular flexibility index (Phi) is 13.0. The van der Waals surface area contributed by atoms with Gasteiger partial charge in [0.15, 0.2) is 0 Å². The van der Waals surface area contributed by atoms with Crippen LogP contribution in [0, 0.1) is 0 Å². The maximum absolute atomic E-state index is 12.2. The second-order valence-corrected chi connectivity index (χ2v) is 5.85. The average Bonchev–Trinajstić information content (AvgIpc) is 2.55. The Balaban J connectivity index is 4.43. The Bertz CT molecular complexity index is 377. The molecule has 0 aliphatic heterocycles. The van der Waals surface area contributed by atoms with Crippen molar-refractivity contribution in [1.82, 2.24) is 10.6 Å². The topological polar surface area (TPSA) is 148 Å². The molecule has 139 valence electrons. The lowest BCUT2D eigenvalue weighted by Gasteiger charge is -2.22. The van der Waals surface area contributed by atoms with Gasteiger partial charge in [-0.3, -0.25) is 14.4 Å². The minimum absolute atomic E-state index is 0.260. The Morgan fingerprint density at radius 2 is 1.67 bits per heavy atom. The van der Waals surface area contributed by atoms with Crippen LogP contribution in [-0.2, 0) is 14.4 Å². The first-order chi connectivity index (χ1) is 11.5. The highest BCUT2D eigenvalue weighted by molar-refractivity contribution is 5.89. The van der Waals surface area contributed by atoms with Crippen molar-refractivity contribution in [1.29, 1.82) is 0 Å². The van der Waals surface area contributed by atoms with Gasteiger partial charge in [0.1, 0.15) is 6.04 Å². The highest BCUT2D eigenvalue weighted by Gasteiger charge is 2.27. The molecule has 8 nitrogen and oxygen atoms in total. The van der Waals surface area contributed by atoms with Gasteiger partial charge in [-0.05, 0) is 52.1 Å². The molecule has 0 saturated heterocycles. The molecule has 2 amide bonds. The van der Waals surface area contributed by atoms with Gasteiger partial charge in [-0.1, -0.05) is 6.42 Å². The van der Waals surface area contributed by atoms with Gasteiger partial charge >= 0.3 is 0 Å². The van der Waals surface area contributed by atoms with E-state index in [1.54, 1.807) is 6.29 Å². The smallest absolute Gasteiger partial charge is 0.245 e. The van der Waals surface area contributed by atoms with Gasteiger partial charge in [0.2, 0.25) is 18.1 Å². The van der Waals surface area contributed by atoms with Gasteiger partial charge in [-0.15, -0.1) is 0 Å². The van der Waals surface area contributed by atoms with Crippen molar-refractivity contribution in [2.45, 2.75) is 70.1 Å². The number of amides is 2. The first-order valence-electron chi connectivity index (χ1n) is 8.51. The number of carbonyl (C=O) groups is 2. The molecule has 3 atom stereocenters. The van der Waals surface area contributed by atoms with Crippen LogP contribution >= 0.6 is 0 Å².